The first-order chi connectivity index (χ1) is 13.9. The Bertz CT molecular complexity index is 1060. The Balaban J connectivity index is 1.89. The zero-order valence-electron chi connectivity index (χ0n) is 14.9. The number of imide groups is 2. The van der Waals surface area contributed by atoms with Crippen molar-refractivity contribution in [1.29, 1.82) is 0 Å². The number of carbonyl (C=O) groups is 4. The molecular weight excluding hydrogens is 376 g/mol. The Morgan fingerprint density at radius 3 is 2.34 bits per heavy atom. The Morgan fingerprint density at radius 2 is 1.76 bits per heavy atom. The fourth-order valence-corrected chi connectivity index (χ4v) is 2.60. The third-order valence-electron chi connectivity index (χ3n) is 3.99. The largest absolute Gasteiger partial charge is 0.481 e. The number of carboxylic acid groups (broad SMARTS) is 1. The van der Waals surface area contributed by atoms with Gasteiger partial charge in [-0.25, -0.2) is 14.5 Å². The molecule has 4 amide bonds. The summed E-state index contributed by atoms with van der Waals surface area (Å²) in [4.78, 5) is 48.9. The summed E-state index contributed by atoms with van der Waals surface area (Å²) in [5, 5.41) is 11.1. The second kappa shape index (κ2) is 8.10. The normalized spacial score (nSPS) is 15.1. The molecule has 0 saturated carbocycles. The van der Waals surface area contributed by atoms with E-state index in [1.807, 2.05) is 0 Å². The molecule has 0 radical (unpaired) electrons. The number of anilines is 1. The number of terminal acetylenes is 1. The second-order valence-corrected chi connectivity index (χ2v) is 5.87. The summed E-state index contributed by atoms with van der Waals surface area (Å²) in [6.45, 7) is 0.110. The number of barbiturate groups is 1. The standard InChI is InChI=1S/C21H14N2O6/c1-2-11-29-16-9-3-13(4-10-16)12-17-18(24)22-21(28)23(19(17)25)15-7-5-14(6-8-15)20(26)27/h1,3-10,12H,11H2,(H,26,27)(H,22,24,28). The number of benzene rings is 2. The van der Waals surface area contributed by atoms with Crippen LogP contribution in [0.15, 0.2) is 54.1 Å². The van der Waals surface area contributed by atoms with Crippen LogP contribution in [0.2, 0.25) is 0 Å². The number of carboxylic acids is 1. The summed E-state index contributed by atoms with van der Waals surface area (Å²) in [5.41, 5.74) is 0.419. The van der Waals surface area contributed by atoms with E-state index in [2.05, 4.69) is 11.2 Å². The fraction of sp³-hybridized carbons (Fsp3) is 0.0476. The molecule has 8 nitrogen and oxygen atoms in total. The number of urea groups is 1. The molecule has 1 aliphatic heterocycles. The van der Waals surface area contributed by atoms with Gasteiger partial charge in [-0.1, -0.05) is 18.1 Å². The van der Waals surface area contributed by atoms with Crippen molar-refractivity contribution in [3.63, 3.8) is 0 Å². The van der Waals surface area contributed by atoms with Crippen molar-refractivity contribution in [2.24, 2.45) is 0 Å². The number of nitrogens with zero attached hydrogens (tertiary/aromatic N) is 1. The van der Waals surface area contributed by atoms with Crippen LogP contribution >= 0.6 is 0 Å². The summed E-state index contributed by atoms with van der Waals surface area (Å²) in [6, 6.07) is 10.7. The minimum atomic E-state index is -1.14. The minimum Gasteiger partial charge on any atom is -0.481 e. The molecule has 0 spiro atoms. The number of aromatic carboxylic acids is 1. The van der Waals surface area contributed by atoms with E-state index < -0.39 is 23.8 Å². The summed E-state index contributed by atoms with van der Waals surface area (Å²) in [6.07, 6.45) is 6.47. The van der Waals surface area contributed by atoms with Gasteiger partial charge in [0.05, 0.1) is 11.3 Å². The molecule has 0 aliphatic carbocycles. The smallest absolute Gasteiger partial charge is 0.335 e. The molecule has 8 heteroatoms. The minimum absolute atomic E-state index is 0.00222. The molecule has 1 aliphatic rings. The van der Waals surface area contributed by atoms with Gasteiger partial charge in [0.2, 0.25) is 0 Å². The maximum absolute atomic E-state index is 12.8. The van der Waals surface area contributed by atoms with Crippen molar-refractivity contribution in [1.82, 2.24) is 5.32 Å². The third-order valence-corrected chi connectivity index (χ3v) is 3.99. The lowest BCUT2D eigenvalue weighted by Gasteiger charge is -2.26. The van der Waals surface area contributed by atoms with Gasteiger partial charge in [0.15, 0.2) is 0 Å². The molecule has 0 bridgehead atoms. The molecule has 144 valence electrons. The van der Waals surface area contributed by atoms with Gasteiger partial charge < -0.3 is 9.84 Å². The topological polar surface area (TPSA) is 113 Å². The highest BCUT2D eigenvalue weighted by molar-refractivity contribution is 6.39. The molecule has 1 fully saturated rings. The van der Waals surface area contributed by atoms with Gasteiger partial charge in [0.25, 0.3) is 11.8 Å². The van der Waals surface area contributed by atoms with Crippen molar-refractivity contribution in [2.45, 2.75) is 0 Å². The monoisotopic (exact) mass is 390 g/mol. The molecule has 0 aromatic heterocycles. The van der Waals surface area contributed by atoms with Crippen LogP contribution < -0.4 is 15.0 Å². The first-order valence-corrected chi connectivity index (χ1v) is 8.32. The molecule has 2 N–H and O–H groups in total. The second-order valence-electron chi connectivity index (χ2n) is 5.87. The number of carbonyl (C=O) groups excluding carboxylic acids is 3. The number of nitrogens with one attached hydrogen (secondary N) is 1. The summed E-state index contributed by atoms with van der Waals surface area (Å²) < 4.78 is 5.26. The molecule has 0 unspecified atom stereocenters. The van der Waals surface area contributed by atoms with Gasteiger partial charge in [-0.3, -0.25) is 14.9 Å². The average molecular weight is 390 g/mol. The average Bonchev–Trinajstić information content (AvgIpc) is 2.70. The molecule has 29 heavy (non-hydrogen) atoms. The summed E-state index contributed by atoms with van der Waals surface area (Å²) in [7, 11) is 0. The maximum atomic E-state index is 12.8. The van der Waals surface area contributed by atoms with E-state index in [0.717, 1.165) is 4.90 Å². The molecule has 2 aromatic rings. The zero-order valence-corrected chi connectivity index (χ0v) is 14.9. The van der Waals surface area contributed by atoms with E-state index in [1.54, 1.807) is 24.3 Å². The first kappa shape index (κ1) is 19.4. The van der Waals surface area contributed by atoms with E-state index in [-0.39, 0.29) is 23.4 Å². The maximum Gasteiger partial charge on any atom is 0.335 e. The van der Waals surface area contributed by atoms with Gasteiger partial charge in [0.1, 0.15) is 17.9 Å². The molecule has 1 saturated heterocycles. The zero-order chi connectivity index (χ0) is 21.0. The van der Waals surface area contributed by atoms with E-state index in [4.69, 9.17) is 16.3 Å². The van der Waals surface area contributed by atoms with Crippen LogP contribution in [0, 0.1) is 12.3 Å². The van der Waals surface area contributed by atoms with Crippen molar-refractivity contribution in [3.8, 4) is 18.1 Å². The van der Waals surface area contributed by atoms with Gasteiger partial charge in [-0.05, 0) is 48.0 Å². The third kappa shape index (κ3) is 4.14. The highest BCUT2D eigenvalue weighted by Crippen LogP contribution is 2.23. The first-order valence-electron chi connectivity index (χ1n) is 8.32. The number of amides is 4. The van der Waals surface area contributed by atoms with Crippen LogP contribution in [0.5, 0.6) is 5.75 Å². The van der Waals surface area contributed by atoms with Crippen molar-refractivity contribution >= 4 is 35.6 Å². The van der Waals surface area contributed by atoms with Crippen LogP contribution in [0.4, 0.5) is 10.5 Å². The Hall–Kier alpha value is -4.38. The highest BCUT2D eigenvalue weighted by atomic mass is 16.5. The van der Waals surface area contributed by atoms with E-state index in [9.17, 15) is 19.2 Å². The van der Waals surface area contributed by atoms with E-state index in [1.165, 1.54) is 30.3 Å². The van der Waals surface area contributed by atoms with Gasteiger partial charge in [-0.2, -0.15) is 0 Å². The Morgan fingerprint density at radius 1 is 1.10 bits per heavy atom. The number of hydrogen-bond acceptors (Lipinski definition) is 5. The van der Waals surface area contributed by atoms with Crippen molar-refractivity contribution < 1.29 is 29.0 Å². The van der Waals surface area contributed by atoms with Gasteiger partial charge in [-0.15, -0.1) is 6.42 Å². The quantitative estimate of drug-likeness (QED) is 0.459. The SMILES string of the molecule is C#CCOc1ccc(C=C2C(=O)NC(=O)N(c3ccc(C(=O)O)cc3)C2=O)cc1. The number of hydrogen-bond donors (Lipinski definition) is 2. The lowest BCUT2D eigenvalue weighted by Crippen LogP contribution is -2.54. The predicted molar refractivity (Wildman–Crippen MR) is 103 cm³/mol. The van der Waals surface area contributed by atoms with Crippen LogP contribution in [0.3, 0.4) is 0 Å². The van der Waals surface area contributed by atoms with Crippen molar-refractivity contribution in [2.75, 3.05) is 11.5 Å². The van der Waals surface area contributed by atoms with E-state index in [0.29, 0.717) is 11.3 Å². The molecule has 2 aromatic carbocycles. The van der Waals surface area contributed by atoms with Crippen LogP contribution in [0.1, 0.15) is 15.9 Å². The molecule has 3 rings (SSSR count). The van der Waals surface area contributed by atoms with Gasteiger partial charge in [0, 0.05) is 0 Å². The van der Waals surface area contributed by atoms with E-state index >= 15 is 0 Å². The molecule has 0 atom stereocenters. The lowest BCUT2D eigenvalue weighted by atomic mass is 10.1. The van der Waals surface area contributed by atoms with Gasteiger partial charge >= 0.3 is 12.0 Å². The van der Waals surface area contributed by atoms with Crippen LogP contribution in [-0.2, 0) is 9.59 Å². The lowest BCUT2D eigenvalue weighted by molar-refractivity contribution is -0.122. The predicted octanol–water partition coefficient (Wildman–Crippen LogP) is 2.06. The summed E-state index contributed by atoms with van der Waals surface area (Å²) >= 11 is 0. The van der Waals surface area contributed by atoms with Crippen LogP contribution in [0.25, 0.3) is 6.08 Å². The highest BCUT2D eigenvalue weighted by Gasteiger charge is 2.36. The Kier molecular flexibility index (Phi) is 5.42. The molecular formula is C21H14N2O6. The number of ether oxygens (including phenoxy) is 1. The Labute approximate surface area is 165 Å². The molecule has 1 heterocycles. The van der Waals surface area contributed by atoms with Crippen LogP contribution in [-0.4, -0.2) is 35.5 Å². The van der Waals surface area contributed by atoms with Crippen molar-refractivity contribution in [3.05, 3.63) is 65.2 Å². The number of rotatable bonds is 5. The fourth-order valence-electron chi connectivity index (χ4n) is 2.60. The summed E-state index contributed by atoms with van der Waals surface area (Å²) in [5.74, 6) is 0.0737.